The predicted molar refractivity (Wildman–Crippen MR) is 94.5 cm³/mol. The maximum absolute atomic E-state index is 12.8. The summed E-state index contributed by atoms with van der Waals surface area (Å²) in [5.74, 6) is -0.359. The van der Waals surface area contributed by atoms with Crippen LogP contribution in [0.15, 0.2) is 30.3 Å². The zero-order valence-corrected chi connectivity index (χ0v) is 14.7. The third-order valence-electron chi connectivity index (χ3n) is 4.51. The molecular formula is C18H23N5O2. The van der Waals surface area contributed by atoms with E-state index < -0.39 is 6.04 Å². The molecule has 1 aromatic heterocycles. The molecule has 0 bridgehead atoms. The third-order valence-corrected chi connectivity index (χ3v) is 4.51. The molecule has 132 valence electrons. The number of nitrogens with one attached hydrogen (secondary N) is 1. The van der Waals surface area contributed by atoms with E-state index in [1.165, 1.54) is 0 Å². The van der Waals surface area contributed by atoms with Gasteiger partial charge in [-0.25, -0.2) is 4.68 Å². The number of rotatable bonds is 3. The molecule has 7 nitrogen and oxygen atoms in total. The second-order valence-corrected chi connectivity index (χ2v) is 6.47. The number of nitrogens with zero attached hydrogens (tertiary/aromatic N) is 3. The monoisotopic (exact) mass is 341 g/mol. The first-order valence-corrected chi connectivity index (χ1v) is 8.32. The Bertz CT molecular complexity index is 796. The predicted octanol–water partition coefficient (Wildman–Crippen LogP) is 0.777. The zero-order valence-electron chi connectivity index (χ0n) is 14.7. The van der Waals surface area contributed by atoms with Gasteiger partial charge in [0.2, 0.25) is 5.91 Å². The highest BCUT2D eigenvalue weighted by Crippen LogP contribution is 2.21. The summed E-state index contributed by atoms with van der Waals surface area (Å²) in [6.07, 6.45) is 0.481. The van der Waals surface area contributed by atoms with Gasteiger partial charge in [0.25, 0.3) is 5.91 Å². The summed E-state index contributed by atoms with van der Waals surface area (Å²) in [5.41, 5.74) is 9.36. The summed E-state index contributed by atoms with van der Waals surface area (Å²) < 4.78 is 1.84. The molecule has 1 aliphatic rings. The summed E-state index contributed by atoms with van der Waals surface area (Å²) in [7, 11) is 1.57. The largest absolute Gasteiger partial charge is 0.357 e. The van der Waals surface area contributed by atoms with Gasteiger partial charge in [-0.05, 0) is 50.6 Å². The molecule has 0 radical (unpaired) electrons. The number of likely N-dealkylation sites (tertiary alicyclic amines) is 1. The van der Waals surface area contributed by atoms with Crippen LogP contribution in [0.1, 0.15) is 28.2 Å². The number of hydrogen-bond acceptors (Lipinski definition) is 4. The molecule has 0 saturated carbocycles. The highest BCUT2D eigenvalue weighted by atomic mass is 16.2. The van der Waals surface area contributed by atoms with E-state index in [2.05, 4.69) is 10.4 Å². The van der Waals surface area contributed by atoms with E-state index in [0.717, 1.165) is 17.1 Å². The first kappa shape index (κ1) is 17.2. The normalized spacial score (nSPS) is 19.9. The van der Waals surface area contributed by atoms with Crippen molar-refractivity contribution in [3.8, 4) is 5.69 Å². The van der Waals surface area contributed by atoms with Crippen LogP contribution in [-0.2, 0) is 4.79 Å². The lowest BCUT2D eigenvalue weighted by molar-refractivity contribution is -0.124. The van der Waals surface area contributed by atoms with E-state index in [4.69, 9.17) is 5.73 Å². The van der Waals surface area contributed by atoms with E-state index >= 15 is 0 Å². The van der Waals surface area contributed by atoms with Crippen molar-refractivity contribution in [1.29, 1.82) is 0 Å². The molecule has 3 rings (SSSR count). The Labute approximate surface area is 146 Å². The Morgan fingerprint density at radius 3 is 2.48 bits per heavy atom. The maximum Gasteiger partial charge on any atom is 0.254 e. The van der Waals surface area contributed by atoms with Crippen LogP contribution < -0.4 is 11.1 Å². The summed E-state index contributed by atoms with van der Waals surface area (Å²) in [5, 5.41) is 7.04. The second kappa shape index (κ2) is 6.68. The van der Waals surface area contributed by atoms with Gasteiger partial charge in [0.1, 0.15) is 6.04 Å². The van der Waals surface area contributed by atoms with Gasteiger partial charge in [-0.2, -0.15) is 5.10 Å². The summed E-state index contributed by atoms with van der Waals surface area (Å²) >= 11 is 0. The van der Waals surface area contributed by atoms with Crippen molar-refractivity contribution < 1.29 is 9.59 Å². The molecule has 3 N–H and O–H groups in total. The Balaban J connectivity index is 1.83. The van der Waals surface area contributed by atoms with Crippen LogP contribution >= 0.6 is 0 Å². The number of likely N-dealkylation sites (N-methyl/N-ethyl adjacent to an activating group) is 1. The zero-order chi connectivity index (χ0) is 18.1. The molecule has 7 heteroatoms. The van der Waals surface area contributed by atoms with Gasteiger partial charge < -0.3 is 16.0 Å². The minimum atomic E-state index is -0.511. The lowest BCUT2D eigenvalue weighted by atomic mass is 10.1. The van der Waals surface area contributed by atoms with E-state index in [1.807, 2.05) is 36.7 Å². The summed E-state index contributed by atoms with van der Waals surface area (Å²) in [6, 6.07) is 8.55. The second-order valence-electron chi connectivity index (χ2n) is 6.47. The molecule has 1 fully saturated rings. The summed E-state index contributed by atoms with van der Waals surface area (Å²) in [4.78, 5) is 26.4. The summed E-state index contributed by atoms with van der Waals surface area (Å²) in [6.45, 7) is 4.31. The molecule has 0 aliphatic carbocycles. The van der Waals surface area contributed by atoms with Gasteiger partial charge in [-0.1, -0.05) is 0 Å². The Morgan fingerprint density at radius 1 is 1.24 bits per heavy atom. The van der Waals surface area contributed by atoms with Crippen LogP contribution in [0.25, 0.3) is 5.69 Å². The number of aryl methyl sites for hydroxylation is 2. The smallest absolute Gasteiger partial charge is 0.254 e. The quantitative estimate of drug-likeness (QED) is 0.863. The van der Waals surface area contributed by atoms with Gasteiger partial charge >= 0.3 is 0 Å². The molecular weight excluding hydrogens is 318 g/mol. The van der Waals surface area contributed by atoms with Crippen LogP contribution in [0.4, 0.5) is 0 Å². The average Bonchev–Trinajstić information content (AvgIpc) is 3.15. The van der Waals surface area contributed by atoms with Crippen LogP contribution in [0.2, 0.25) is 0 Å². The van der Waals surface area contributed by atoms with E-state index in [0.29, 0.717) is 18.5 Å². The number of hydrogen-bond donors (Lipinski definition) is 2. The Hall–Kier alpha value is -2.67. The van der Waals surface area contributed by atoms with Crippen molar-refractivity contribution in [2.24, 2.45) is 5.73 Å². The van der Waals surface area contributed by atoms with Gasteiger partial charge in [0, 0.05) is 30.9 Å². The number of amides is 2. The standard InChI is InChI=1S/C18H23N5O2/c1-11-8-12(2)23(21-11)15-6-4-13(5-7-15)18(25)22-10-14(19)9-16(22)17(24)20-3/h4-8,14,16H,9-10,19H2,1-3H3,(H,20,24)/t14-,16+/m1/s1. The topological polar surface area (TPSA) is 93.3 Å². The Morgan fingerprint density at radius 2 is 1.92 bits per heavy atom. The van der Waals surface area contributed by atoms with Crippen molar-refractivity contribution in [3.05, 3.63) is 47.3 Å². The van der Waals surface area contributed by atoms with Crippen molar-refractivity contribution in [1.82, 2.24) is 20.0 Å². The molecule has 1 aliphatic heterocycles. The molecule has 2 heterocycles. The average molecular weight is 341 g/mol. The number of carbonyl (C=O) groups excluding carboxylic acids is 2. The number of aromatic nitrogens is 2. The van der Waals surface area contributed by atoms with Crippen LogP contribution in [0.5, 0.6) is 0 Å². The fourth-order valence-electron chi connectivity index (χ4n) is 3.31. The fourth-order valence-corrected chi connectivity index (χ4v) is 3.31. The van der Waals surface area contributed by atoms with Crippen molar-refractivity contribution >= 4 is 11.8 Å². The van der Waals surface area contributed by atoms with Crippen molar-refractivity contribution in [2.45, 2.75) is 32.4 Å². The minimum Gasteiger partial charge on any atom is -0.357 e. The molecule has 2 aromatic rings. The van der Waals surface area contributed by atoms with Crippen LogP contribution in [0, 0.1) is 13.8 Å². The van der Waals surface area contributed by atoms with Gasteiger partial charge in [0.05, 0.1) is 11.4 Å². The molecule has 0 unspecified atom stereocenters. The highest BCUT2D eigenvalue weighted by Gasteiger charge is 2.38. The SMILES string of the molecule is CNC(=O)[C@@H]1C[C@@H](N)CN1C(=O)c1ccc(-n2nc(C)cc2C)cc1. The van der Waals surface area contributed by atoms with Crippen LogP contribution in [-0.4, -0.2) is 52.2 Å². The first-order chi connectivity index (χ1) is 11.9. The van der Waals surface area contributed by atoms with E-state index in [9.17, 15) is 9.59 Å². The van der Waals surface area contributed by atoms with Gasteiger partial charge in [-0.3, -0.25) is 9.59 Å². The molecule has 1 aromatic carbocycles. The van der Waals surface area contributed by atoms with Crippen LogP contribution in [0.3, 0.4) is 0 Å². The van der Waals surface area contributed by atoms with Crippen molar-refractivity contribution in [2.75, 3.05) is 13.6 Å². The molecule has 2 atom stereocenters. The number of nitrogens with two attached hydrogens (primary N) is 1. The van der Waals surface area contributed by atoms with Crippen molar-refractivity contribution in [3.63, 3.8) is 0 Å². The highest BCUT2D eigenvalue weighted by molar-refractivity contribution is 5.98. The molecule has 2 amide bonds. The fraction of sp³-hybridized carbons (Fsp3) is 0.389. The third kappa shape index (κ3) is 3.28. The molecule has 1 saturated heterocycles. The minimum absolute atomic E-state index is 0.179. The van der Waals surface area contributed by atoms with Gasteiger partial charge in [-0.15, -0.1) is 0 Å². The lowest BCUT2D eigenvalue weighted by Gasteiger charge is -2.23. The molecule has 25 heavy (non-hydrogen) atoms. The van der Waals surface area contributed by atoms with E-state index in [1.54, 1.807) is 24.1 Å². The number of carbonyl (C=O) groups is 2. The Kier molecular flexibility index (Phi) is 4.59. The molecule has 0 spiro atoms. The first-order valence-electron chi connectivity index (χ1n) is 8.32. The van der Waals surface area contributed by atoms with Gasteiger partial charge in [0.15, 0.2) is 0 Å². The van der Waals surface area contributed by atoms with E-state index in [-0.39, 0.29) is 17.9 Å². The number of benzene rings is 1. The lowest BCUT2D eigenvalue weighted by Crippen LogP contribution is -2.45. The maximum atomic E-state index is 12.8.